The minimum Gasteiger partial charge on any atom is -0.378 e. The number of nitrogens with one attached hydrogen (secondary N) is 1. The zero-order chi connectivity index (χ0) is 17.0. The lowest BCUT2D eigenvalue weighted by Crippen LogP contribution is -2.53. The van der Waals surface area contributed by atoms with Crippen molar-refractivity contribution in [1.29, 1.82) is 0 Å². The summed E-state index contributed by atoms with van der Waals surface area (Å²) in [4.78, 5) is 14.2. The van der Waals surface area contributed by atoms with Crippen LogP contribution in [0.2, 0.25) is 5.02 Å². The van der Waals surface area contributed by atoms with Crippen LogP contribution in [-0.4, -0.2) is 51.6 Å². The molecule has 1 saturated heterocycles. The van der Waals surface area contributed by atoms with Gasteiger partial charge in [0.1, 0.15) is 10.9 Å². The van der Waals surface area contributed by atoms with Crippen molar-refractivity contribution in [3.63, 3.8) is 0 Å². The normalized spacial score (nSPS) is 17.3. The molecule has 0 aromatic heterocycles. The van der Waals surface area contributed by atoms with Crippen LogP contribution in [0.3, 0.4) is 0 Å². The molecule has 128 valence electrons. The first kappa shape index (κ1) is 18.2. The van der Waals surface area contributed by atoms with Gasteiger partial charge >= 0.3 is 0 Å². The van der Waals surface area contributed by atoms with Gasteiger partial charge in [-0.1, -0.05) is 37.6 Å². The zero-order valence-electron chi connectivity index (χ0n) is 13.2. The SMILES string of the molecule is CC(C)[C@@H](NS(=O)(=O)c1ccccc1Cl)C(=O)N1CCOCC1. The number of rotatable bonds is 5. The Balaban J connectivity index is 2.22. The van der Waals surface area contributed by atoms with Crippen molar-refractivity contribution in [2.24, 2.45) is 5.92 Å². The predicted octanol–water partition coefficient (Wildman–Crippen LogP) is 1.50. The Morgan fingerprint density at radius 1 is 1.26 bits per heavy atom. The van der Waals surface area contributed by atoms with Crippen molar-refractivity contribution in [2.45, 2.75) is 24.8 Å². The maximum atomic E-state index is 12.6. The van der Waals surface area contributed by atoms with Crippen LogP contribution < -0.4 is 4.72 Å². The highest BCUT2D eigenvalue weighted by atomic mass is 35.5. The lowest BCUT2D eigenvalue weighted by atomic mass is 10.0. The summed E-state index contributed by atoms with van der Waals surface area (Å²) in [5.41, 5.74) is 0. The molecule has 1 heterocycles. The van der Waals surface area contributed by atoms with Gasteiger partial charge in [-0.2, -0.15) is 4.72 Å². The number of amides is 1. The number of hydrogen-bond donors (Lipinski definition) is 1. The number of ether oxygens (including phenoxy) is 1. The van der Waals surface area contributed by atoms with Gasteiger partial charge in [-0.25, -0.2) is 8.42 Å². The second-order valence-electron chi connectivity index (χ2n) is 5.71. The van der Waals surface area contributed by atoms with Crippen LogP contribution >= 0.6 is 11.6 Å². The van der Waals surface area contributed by atoms with E-state index >= 15 is 0 Å². The van der Waals surface area contributed by atoms with Crippen LogP contribution in [0, 0.1) is 5.92 Å². The van der Waals surface area contributed by atoms with Gasteiger partial charge in [-0.3, -0.25) is 4.79 Å². The minimum absolute atomic E-state index is 0.0258. The molecular weight excluding hydrogens is 340 g/mol. The maximum Gasteiger partial charge on any atom is 0.242 e. The van der Waals surface area contributed by atoms with Gasteiger partial charge in [0.25, 0.3) is 0 Å². The minimum atomic E-state index is -3.88. The zero-order valence-corrected chi connectivity index (χ0v) is 14.7. The van der Waals surface area contributed by atoms with Gasteiger partial charge in [0.15, 0.2) is 0 Å². The second kappa shape index (κ2) is 7.61. The summed E-state index contributed by atoms with van der Waals surface area (Å²) in [6.07, 6.45) is 0. The molecule has 0 spiro atoms. The molecular formula is C15H21ClN2O4S. The molecule has 0 aliphatic carbocycles. The van der Waals surface area contributed by atoms with Crippen LogP contribution in [0.15, 0.2) is 29.2 Å². The highest BCUT2D eigenvalue weighted by Crippen LogP contribution is 2.21. The molecule has 1 aromatic carbocycles. The highest BCUT2D eigenvalue weighted by molar-refractivity contribution is 7.89. The number of halogens is 1. The first-order valence-electron chi connectivity index (χ1n) is 7.46. The van der Waals surface area contributed by atoms with E-state index in [9.17, 15) is 13.2 Å². The third-order valence-electron chi connectivity index (χ3n) is 3.66. The van der Waals surface area contributed by atoms with Crippen LogP contribution in [0.5, 0.6) is 0 Å². The molecule has 23 heavy (non-hydrogen) atoms. The molecule has 2 rings (SSSR count). The van der Waals surface area contributed by atoms with Gasteiger partial charge in [0, 0.05) is 13.1 Å². The summed E-state index contributed by atoms with van der Waals surface area (Å²) in [6, 6.07) is 5.33. The molecule has 8 heteroatoms. The number of carbonyl (C=O) groups is 1. The van der Waals surface area contributed by atoms with Gasteiger partial charge in [-0.05, 0) is 18.1 Å². The van der Waals surface area contributed by atoms with Gasteiger partial charge < -0.3 is 9.64 Å². The quantitative estimate of drug-likeness (QED) is 0.863. The van der Waals surface area contributed by atoms with E-state index in [0.29, 0.717) is 26.3 Å². The summed E-state index contributed by atoms with van der Waals surface area (Å²) < 4.78 is 32.9. The Hall–Kier alpha value is -1.15. The number of benzene rings is 1. The summed E-state index contributed by atoms with van der Waals surface area (Å²) >= 11 is 5.97. The standard InChI is InChI=1S/C15H21ClN2O4S/c1-11(2)14(15(19)18-7-9-22-10-8-18)17-23(20,21)13-6-4-3-5-12(13)16/h3-6,11,14,17H,7-10H2,1-2H3/t14-/m1/s1. The Morgan fingerprint density at radius 3 is 2.43 bits per heavy atom. The molecule has 0 bridgehead atoms. The van der Waals surface area contributed by atoms with E-state index in [1.54, 1.807) is 30.9 Å². The fourth-order valence-electron chi connectivity index (χ4n) is 2.35. The van der Waals surface area contributed by atoms with Crippen molar-refractivity contribution >= 4 is 27.5 Å². The first-order valence-corrected chi connectivity index (χ1v) is 9.32. The third-order valence-corrected chi connectivity index (χ3v) is 5.60. The van der Waals surface area contributed by atoms with Gasteiger partial charge in [0.2, 0.25) is 15.9 Å². The van der Waals surface area contributed by atoms with Gasteiger partial charge in [0.05, 0.1) is 18.2 Å². The van der Waals surface area contributed by atoms with E-state index < -0.39 is 16.1 Å². The van der Waals surface area contributed by atoms with Crippen molar-refractivity contribution in [3.05, 3.63) is 29.3 Å². The van der Waals surface area contributed by atoms with E-state index in [1.165, 1.54) is 12.1 Å². The van der Waals surface area contributed by atoms with Crippen LogP contribution in [0.1, 0.15) is 13.8 Å². The first-order chi connectivity index (χ1) is 10.8. The average Bonchev–Trinajstić information content (AvgIpc) is 2.53. The van der Waals surface area contributed by atoms with Crippen LogP contribution in [-0.2, 0) is 19.6 Å². The van der Waals surface area contributed by atoms with Gasteiger partial charge in [-0.15, -0.1) is 0 Å². The molecule has 6 nitrogen and oxygen atoms in total. The van der Waals surface area contributed by atoms with Crippen LogP contribution in [0.25, 0.3) is 0 Å². The molecule has 1 aliphatic rings. The summed E-state index contributed by atoms with van der Waals surface area (Å²) in [5.74, 6) is -0.429. The predicted molar refractivity (Wildman–Crippen MR) is 87.8 cm³/mol. The molecule has 0 saturated carbocycles. The Bertz CT molecular complexity index is 657. The Kier molecular flexibility index (Phi) is 6.02. The fourth-order valence-corrected chi connectivity index (χ4v) is 4.20. The summed E-state index contributed by atoms with van der Waals surface area (Å²) in [6.45, 7) is 5.48. The molecule has 1 aliphatic heterocycles. The second-order valence-corrected chi connectivity index (χ2v) is 7.80. The van der Waals surface area contributed by atoms with Crippen molar-refractivity contribution in [3.8, 4) is 0 Å². The molecule has 0 radical (unpaired) electrons. The van der Waals surface area contributed by atoms with Crippen molar-refractivity contribution in [1.82, 2.24) is 9.62 Å². The summed E-state index contributed by atoms with van der Waals surface area (Å²) in [5, 5.41) is 0.126. The van der Waals surface area contributed by atoms with E-state index in [0.717, 1.165) is 0 Å². The lowest BCUT2D eigenvalue weighted by Gasteiger charge is -2.32. The van der Waals surface area contributed by atoms with Crippen LogP contribution in [0.4, 0.5) is 0 Å². The fraction of sp³-hybridized carbons (Fsp3) is 0.533. The van der Waals surface area contributed by atoms with Crippen molar-refractivity contribution < 1.29 is 17.9 Å². The molecule has 1 fully saturated rings. The number of carbonyl (C=O) groups excluding carboxylic acids is 1. The van der Waals surface area contributed by atoms with E-state index in [-0.39, 0.29) is 21.7 Å². The highest BCUT2D eigenvalue weighted by Gasteiger charge is 2.32. The monoisotopic (exact) mass is 360 g/mol. The molecule has 1 atom stereocenters. The maximum absolute atomic E-state index is 12.6. The molecule has 1 N–H and O–H groups in total. The van der Waals surface area contributed by atoms with E-state index in [1.807, 2.05) is 0 Å². The number of morpholine rings is 1. The molecule has 1 aromatic rings. The molecule has 1 amide bonds. The largest absolute Gasteiger partial charge is 0.378 e. The smallest absolute Gasteiger partial charge is 0.242 e. The lowest BCUT2D eigenvalue weighted by molar-refractivity contribution is -0.138. The Morgan fingerprint density at radius 2 is 1.87 bits per heavy atom. The summed E-state index contributed by atoms with van der Waals surface area (Å²) in [7, 11) is -3.88. The van der Waals surface area contributed by atoms with E-state index in [4.69, 9.17) is 16.3 Å². The van der Waals surface area contributed by atoms with Crippen molar-refractivity contribution in [2.75, 3.05) is 26.3 Å². The average molecular weight is 361 g/mol. The topological polar surface area (TPSA) is 75.7 Å². The number of sulfonamides is 1. The third kappa shape index (κ3) is 4.44. The van der Waals surface area contributed by atoms with E-state index in [2.05, 4.69) is 4.72 Å². The Labute approximate surface area is 141 Å². The number of hydrogen-bond acceptors (Lipinski definition) is 4. The molecule has 0 unspecified atom stereocenters. The number of nitrogens with zero attached hydrogens (tertiary/aromatic N) is 1.